The van der Waals surface area contributed by atoms with E-state index in [9.17, 15) is 9.59 Å². The van der Waals surface area contributed by atoms with Gasteiger partial charge in [-0.2, -0.15) is 0 Å². The van der Waals surface area contributed by atoms with Crippen LogP contribution in [0.15, 0.2) is 78.9 Å². The van der Waals surface area contributed by atoms with Gasteiger partial charge in [0.15, 0.2) is 0 Å². The Bertz CT molecular complexity index is 1360. The van der Waals surface area contributed by atoms with Crippen LogP contribution in [-0.4, -0.2) is 59.2 Å². The highest BCUT2D eigenvalue weighted by Gasteiger charge is 2.25. The lowest BCUT2D eigenvalue weighted by Crippen LogP contribution is -2.50. The van der Waals surface area contributed by atoms with Crippen LogP contribution in [0.4, 0.5) is 16.4 Å². The molecule has 0 radical (unpaired) electrons. The molecule has 8 nitrogen and oxygen atoms in total. The van der Waals surface area contributed by atoms with Crippen molar-refractivity contribution in [2.75, 3.05) is 43.0 Å². The fraction of sp³-hybridized carbons (Fsp3) is 0.250. The van der Waals surface area contributed by atoms with E-state index in [0.717, 1.165) is 23.5 Å². The van der Waals surface area contributed by atoms with Crippen LogP contribution in [0.3, 0.4) is 0 Å². The molecule has 2 heterocycles. The van der Waals surface area contributed by atoms with Crippen molar-refractivity contribution < 1.29 is 14.3 Å². The largest absolute Gasteiger partial charge is 0.462 e. The van der Waals surface area contributed by atoms with Crippen molar-refractivity contribution in [1.29, 1.82) is 0 Å². The highest BCUT2D eigenvalue weighted by Crippen LogP contribution is 2.25. The van der Waals surface area contributed by atoms with E-state index < -0.39 is 5.97 Å². The fourth-order valence-corrected chi connectivity index (χ4v) is 4.48. The molecule has 0 spiro atoms. The first-order valence-corrected chi connectivity index (χ1v) is 12.2. The van der Waals surface area contributed by atoms with Crippen LogP contribution in [0, 0.1) is 0 Å². The minimum absolute atomic E-state index is 0.187. The van der Waals surface area contributed by atoms with Gasteiger partial charge >= 0.3 is 12.0 Å². The molecule has 36 heavy (non-hydrogen) atoms. The van der Waals surface area contributed by atoms with E-state index in [1.54, 1.807) is 36.1 Å². The number of nitrogens with one attached hydrogen (secondary N) is 1. The summed E-state index contributed by atoms with van der Waals surface area (Å²) >= 11 is 0. The van der Waals surface area contributed by atoms with Gasteiger partial charge < -0.3 is 24.4 Å². The first-order chi connectivity index (χ1) is 17.6. The van der Waals surface area contributed by atoms with Gasteiger partial charge in [-0.3, -0.25) is 0 Å². The average Bonchev–Trinajstić information content (AvgIpc) is 3.28. The molecule has 0 atom stereocenters. The van der Waals surface area contributed by atoms with E-state index in [1.165, 1.54) is 5.56 Å². The van der Waals surface area contributed by atoms with Gasteiger partial charge in [-0.25, -0.2) is 14.6 Å². The second-order valence-electron chi connectivity index (χ2n) is 8.68. The summed E-state index contributed by atoms with van der Waals surface area (Å²) in [5.41, 5.74) is 4.25. The number of piperazine rings is 1. The third-order valence-electron chi connectivity index (χ3n) is 6.29. The van der Waals surface area contributed by atoms with Gasteiger partial charge in [0.1, 0.15) is 0 Å². The standard InChI is InChI=1S/C28H29N5O3/c1-2-36-26(34)22-11-8-12-23(19-22)29-28(35)32-17-15-31(16-18-32)27-30-24-13-6-7-14-25(24)33(27)20-21-9-4-3-5-10-21/h3-14,19H,2,15-18,20H2,1H3,(H,29,35). The number of anilines is 2. The molecule has 0 bridgehead atoms. The van der Waals surface area contributed by atoms with E-state index >= 15 is 0 Å². The van der Waals surface area contributed by atoms with E-state index in [1.807, 2.05) is 36.4 Å². The van der Waals surface area contributed by atoms with E-state index in [-0.39, 0.29) is 6.03 Å². The number of carbonyl (C=O) groups excluding carboxylic acids is 2. The summed E-state index contributed by atoms with van der Waals surface area (Å²) < 4.78 is 7.30. The maximum atomic E-state index is 12.9. The number of benzene rings is 3. The Labute approximate surface area is 210 Å². The lowest BCUT2D eigenvalue weighted by molar-refractivity contribution is 0.0526. The van der Waals surface area contributed by atoms with Gasteiger partial charge in [0.2, 0.25) is 5.95 Å². The second-order valence-corrected chi connectivity index (χ2v) is 8.68. The zero-order valence-corrected chi connectivity index (χ0v) is 20.3. The van der Waals surface area contributed by atoms with Gasteiger partial charge in [0.05, 0.1) is 29.7 Å². The lowest BCUT2D eigenvalue weighted by atomic mass is 10.2. The molecule has 1 fully saturated rings. The third-order valence-corrected chi connectivity index (χ3v) is 6.29. The van der Waals surface area contributed by atoms with Crippen molar-refractivity contribution in [3.05, 3.63) is 90.0 Å². The van der Waals surface area contributed by atoms with Gasteiger partial charge in [0.25, 0.3) is 0 Å². The van der Waals surface area contributed by atoms with Crippen molar-refractivity contribution in [3.63, 3.8) is 0 Å². The maximum Gasteiger partial charge on any atom is 0.338 e. The van der Waals surface area contributed by atoms with Crippen LogP contribution >= 0.6 is 0 Å². The zero-order chi connectivity index (χ0) is 24.9. The molecule has 2 amide bonds. The first-order valence-electron chi connectivity index (χ1n) is 12.2. The van der Waals surface area contributed by atoms with Gasteiger partial charge in [-0.15, -0.1) is 0 Å². The third kappa shape index (κ3) is 5.02. The Kier molecular flexibility index (Phi) is 6.84. The van der Waals surface area contributed by atoms with Crippen LogP contribution in [0.25, 0.3) is 11.0 Å². The van der Waals surface area contributed by atoms with Crippen molar-refractivity contribution in [1.82, 2.24) is 14.5 Å². The minimum Gasteiger partial charge on any atom is -0.462 e. The Morgan fingerprint density at radius 1 is 0.917 bits per heavy atom. The number of hydrogen-bond acceptors (Lipinski definition) is 5. The number of urea groups is 1. The normalized spacial score (nSPS) is 13.6. The van der Waals surface area contributed by atoms with Crippen molar-refractivity contribution in [2.24, 2.45) is 0 Å². The number of para-hydroxylation sites is 2. The average molecular weight is 484 g/mol. The van der Waals surface area contributed by atoms with Gasteiger partial charge in [-0.1, -0.05) is 48.5 Å². The summed E-state index contributed by atoms with van der Waals surface area (Å²) in [6.45, 7) is 5.28. The first kappa shape index (κ1) is 23.4. The summed E-state index contributed by atoms with van der Waals surface area (Å²) in [7, 11) is 0. The number of carbonyl (C=O) groups is 2. The van der Waals surface area contributed by atoms with Crippen molar-refractivity contribution in [3.8, 4) is 0 Å². The number of imidazole rings is 1. The Morgan fingerprint density at radius 2 is 1.67 bits per heavy atom. The number of aromatic nitrogens is 2. The number of nitrogens with zero attached hydrogens (tertiary/aromatic N) is 4. The molecule has 0 aliphatic carbocycles. The van der Waals surface area contributed by atoms with E-state index in [4.69, 9.17) is 9.72 Å². The van der Waals surface area contributed by atoms with Crippen molar-refractivity contribution in [2.45, 2.75) is 13.5 Å². The number of rotatable bonds is 6. The summed E-state index contributed by atoms with van der Waals surface area (Å²) in [4.78, 5) is 33.9. The van der Waals surface area contributed by atoms with Crippen LogP contribution < -0.4 is 10.2 Å². The molecule has 184 valence electrons. The molecule has 1 aromatic heterocycles. The van der Waals surface area contributed by atoms with Gasteiger partial charge in [0, 0.05) is 31.9 Å². The summed E-state index contributed by atoms with van der Waals surface area (Å²) in [5, 5.41) is 2.91. The fourth-order valence-electron chi connectivity index (χ4n) is 4.48. The van der Waals surface area contributed by atoms with Gasteiger partial charge in [-0.05, 0) is 42.8 Å². The second kappa shape index (κ2) is 10.5. The molecule has 5 rings (SSSR count). The van der Waals surface area contributed by atoms with Crippen LogP contribution in [-0.2, 0) is 11.3 Å². The molecule has 8 heteroatoms. The Balaban J connectivity index is 1.27. The van der Waals surface area contributed by atoms with Crippen molar-refractivity contribution >= 4 is 34.7 Å². The lowest BCUT2D eigenvalue weighted by Gasteiger charge is -2.35. The predicted molar refractivity (Wildman–Crippen MR) is 140 cm³/mol. The summed E-state index contributed by atoms with van der Waals surface area (Å²) in [6, 6.07) is 25.2. The number of esters is 1. The number of ether oxygens (including phenoxy) is 1. The molecule has 1 saturated heterocycles. The number of fused-ring (bicyclic) bond motifs is 1. The summed E-state index contributed by atoms with van der Waals surface area (Å²) in [6.07, 6.45) is 0. The molecule has 1 aliphatic heterocycles. The number of amides is 2. The number of hydrogen-bond donors (Lipinski definition) is 1. The Hall–Kier alpha value is -4.33. The highest BCUT2D eigenvalue weighted by molar-refractivity contribution is 5.94. The van der Waals surface area contributed by atoms with Crippen LogP contribution in [0.5, 0.6) is 0 Å². The van der Waals surface area contributed by atoms with E-state index in [2.05, 4.69) is 33.0 Å². The Morgan fingerprint density at radius 3 is 2.44 bits per heavy atom. The topological polar surface area (TPSA) is 79.7 Å². The molecular formula is C28H29N5O3. The molecule has 1 N–H and O–H groups in total. The molecular weight excluding hydrogens is 454 g/mol. The molecule has 0 saturated carbocycles. The predicted octanol–water partition coefficient (Wildman–Crippen LogP) is 4.62. The van der Waals surface area contributed by atoms with Crippen LogP contribution in [0.2, 0.25) is 0 Å². The van der Waals surface area contributed by atoms with Crippen LogP contribution in [0.1, 0.15) is 22.8 Å². The quantitative estimate of drug-likeness (QED) is 0.405. The SMILES string of the molecule is CCOC(=O)c1cccc(NC(=O)N2CCN(c3nc4ccccc4n3Cc3ccccc3)CC2)c1. The minimum atomic E-state index is -0.402. The monoisotopic (exact) mass is 483 g/mol. The molecule has 3 aromatic carbocycles. The summed E-state index contributed by atoms with van der Waals surface area (Å²) in [5.74, 6) is 0.517. The molecule has 0 unspecified atom stereocenters. The van der Waals surface area contributed by atoms with E-state index in [0.29, 0.717) is 44.0 Å². The smallest absolute Gasteiger partial charge is 0.338 e. The zero-order valence-electron chi connectivity index (χ0n) is 20.3. The maximum absolute atomic E-state index is 12.9. The highest BCUT2D eigenvalue weighted by atomic mass is 16.5. The molecule has 1 aliphatic rings. The molecule has 4 aromatic rings.